The Kier molecular flexibility index (Phi) is 13.0. The highest BCUT2D eigenvalue weighted by Gasteiger charge is 2.02. The number of hydrogen-bond donors (Lipinski definition) is 0. The summed E-state index contributed by atoms with van der Waals surface area (Å²) in [4.78, 5) is 4.69. The summed E-state index contributed by atoms with van der Waals surface area (Å²) >= 11 is 0. The van der Waals surface area contributed by atoms with Crippen LogP contribution < -0.4 is 4.74 Å². The van der Waals surface area contributed by atoms with Crippen molar-refractivity contribution in [3.05, 3.63) is 48.2 Å². The third-order valence-corrected chi connectivity index (χ3v) is 5.81. The van der Waals surface area contributed by atoms with E-state index in [0.29, 0.717) is 0 Å². The fourth-order valence-electron chi connectivity index (χ4n) is 3.82. The monoisotopic (exact) mass is 409 g/mol. The maximum atomic E-state index is 5.89. The first-order valence-corrected chi connectivity index (χ1v) is 12.5. The van der Waals surface area contributed by atoms with Crippen molar-refractivity contribution in [2.24, 2.45) is 0 Å². The third-order valence-electron chi connectivity index (χ3n) is 5.81. The van der Waals surface area contributed by atoms with Crippen molar-refractivity contribution in [1.29, 1.82) is 0 Å². The van der Waals surface area contributed by atoms with E-state index in [2.05, 4.69) is 61.4 Å². The molecule has 1 aromatic carbocycles. The second-order valence-electron chi connectivity index (χ2n) is 8.56. The van der Waals surface area contributed by atoms with Crippen LogP contribution in [0.25, 0.3) is 11.3 Å². The lowest BCUT2D eigenvalue weighted by atomic mass is 10.0. The van der Waals surface area contributed by atoms with Crippen molar-refractivity contribution in [3.8, 4) is 17.0 Å². The van der Waals surface area contributed by atoms with E-state index in [4.69, 9.17) is 4.74 Å². The smallest absolute Gasteiger partial charge is 0.119 e. The first-order valence-electron chi connectivity index (χ1n) is 12.5. The van der Waals surface area contributed by atoms with Crippen LogP contribution in [0.2, 0.25) is 0 Å². The van der Waals surface area contributed by atoms with Gasteiger partial charge in [-0.05, 0) is 55.2 Å². The number of aryl methyl sites for hydroxylation is 1. The molecule has 0 radical (unpaired) electrons. The quantitative estimate of drug-likeness (QED) is 0.243. The Bertz CT molecular complexity index is 588. The summed E-state index contributed by atoms with van der Waals surface area (Å²) < 4.78 is 5.89. The predicted octanol–water partition coefficient (Wildman–Crippen LogP) is 8.78. The molecule has 2 aromatic rings. The van der Waals surface area contributed by atoms with Gasteiger partial charge in [0.05, 0.1) is 12.3 Å². The number of nitrogens with zero attached hydrogens (tertiary/aromatic N) is 1. The summed E-state index contributed by atoms with van der Waals surface area (Å²) in [7, 11) is 0. The molecule has 30 heavy (non-hydrogen) atoms. The molecule has 0 atom stereocenters. The summed E-state index contributed by atoms with van der Waals surface area (Å²) in [6, 6.07) is 12.8. The predicted molar refractivity (Wildman–Crippen MR) is 130 cm³/mol. The fraction of sp³-hybridized carbons (Fsp3) is 0.607. The Hall–Kier alpha value is -1.83. The molecule has 166 valence electrons. The van der Waals surface area contributed by atoms with Gasteiger partial charge in [-0.25, -0.2) is 0 Å². The number of rotatable bonds is 17. The molecule has 0 saturated carbocycles. The topological polar surface area (TPSA) is 22.1 Å². The van der Waals surface area contributed by atoms with E-state index in [1.165, 1.54) is 82.6 Å². The molecule has 0 aliphatic rings. The van der Waals surface area contributed by atoms with Gasteiger partial charge in [-0.3, -0.25) is 4.98 Å². The van der Waals surface area contributed by atoms with Gasteiger partial charge in [0.2, 0.25) is 0 Å². The van der Waals surface area contributed by atoms with Crippen molar-refractivity contribution in [3.63, 3.8) is 0 Å². The Morgan fingerprint density at radius 2 is 1.23 bits per heavy atom. The standard InChI is InChI=1S/C28H43NO/c1-3-5-7-9-11-12-14-16-25-17-22-28(29-24-25)26-18-20-27(21-19-26)30-23-15-13-10-8-6-4-2/h17-22,24H,3-16,23H2,1-2H3. The fourth-order valence-corrected chi connectivity index (χ4v) is 3.82. The van der Waals surface area contributed by atoms with E-state index in [-0.39, 0.29) is 0 Å². The Morgan fingerprint density at radius 1 is 0.633 bits per heavy atom. The summed E-state index contributed by atoms with van der Waals surface area (Å²) in [5.41, 5.74) is 3.55. The zero-order valence-electron chi connectivity index (χ0n) is 19.5. The molecule has 0 amide bonds. The van der Waals surface area contributed by atoms with Gasteiger partial charge in [0.15, 0.2) is 0 Å². The van der Waals surface area contributed by atoms with Crippen LogP contribution in [0.15, 0.2) is 42.6 Å². The van der Waals surface area contributed by atoms with Gasteiger partial charge < -0.3 is 4.74 Å². The largest absolute Gasteiger partial charge is 0.494 e. The highest BCUT2D eigenvalue weighted by molar-refractivity contribution is 5.60. The lowest BCUT2D eigenvalue weighted by molar-refractivity contribution is 0.304. The van der Waals surface area contributed by atoms with Crippen LogP contribution in [-0.4, -0.2) is 11.6 Å². The van der Waals surface area contributed by atoms with Gasteiger partial charge in [-0.15, -0.1) is 0 Å². The van der Waals surface area contributed by atoms with Gasteiger partial charge in [-0.2, -0.15) is 0 Å². The molecule has 0 spiro atoms. The molecule has 1 heterocycles. The number of ether oxygens (including phenoxy) is 1. The number of unbranched alkanes of at least 4 members (excludes halogenated alkanes) is 11. The molecule has 0 bridgehead atoms. The van der Waals surface area contributed by atoms with Gasteiger partial charge >= 0.3 is 0 Å². The van der Waals surface area contributed by atoms with Crippen LogP contribution in [0.5, 0.6) is 5.75 Å². The molecule has 0 fully saturated rings. The number of aromatic nitrogens is 1. The van der Waals surface area contributed by atoms with Crippen molar-refractivity contribution >= 4 is 0 Å². The van der Waals surface area contributed by atoms with Crippen molar-refractivity contribution in [1.82, 2.24) is 4.98 Å². The SMILES string of the molecule is CCCCCCCCCc1ccc(-c2ccc(OCCCCCCCC)cc2)nc1. The molecule has 2 nitrogen and oxygen atoms in total. The van der Waals surface area contributed by atoms with E-state index in [1.54, 1.807) is 0 Å². The van der Waals surface area contributed by atoms with Crippen LogP contribution in [0.1, 0.15) is 103 Å². The highest BCUT2D eigenvalue weighted by atomic mass is 16.5. The van der Waals surface area contributed by atoms with Gasteiger partial charge in [0.1, 0.15) is 5.75 Å². The molecule has 0 N–H and O–H groups in total. The summed E-state index contributed by atoms with van der Waals surface area (Å²) in [5.74, 6) is 0.961. The molecular weight excluding hydrogens is 366 g/mol. The molecular formula is C28H43NO. The van der Waals surface area contributed by atoms with Gasteiger partial charge in [0.25, 0.3) is 0 Å². The van der Waals surface area contributed by atoms with Crippen molar-refractivity contribution in [2.75, 3.05) is 6.61 Å². The molecule has 2 rings (SSSR count). The van der Waals surface area contributed by atoms with E-state index in [0.717, 1.165) is 36.5 Å². The van der Waals surface area contributed by atoms with Crippen LogP contribution in [0.3, 0.4) is 0 Å². The van der Waals surface area contributed by atoms with Gasteiger partial charge in [0, 0.05) is 11.8 Å². The first-order chi connectivity index (χ1) is 14.8. The van der Waals surface area contributed by atoms with Crippen LogP contribution in [0.4, 0.5) is 0 Å². The van der Waals surface area contributed by atoms with E-state index < -0.39 is 0 Å². The number of hydrogen-bond acceptors (Lipinski definition) is 2. The molecule has 0 aliphatic carbocycles. The average molecular weight is 410 g/mol. The summed E-state index contributed by atoms with van der Waals surface area (Å²) in [5, 5.41) is 0. The van der Waals surface area contributed by atoms with Crippen molar-refractivity contribution < 1.29 is 4.74 Å². The number of pyridine rings is 1. The molecule has 0 saturated heterocycles. The van der Waals surface area contributed by atoms with E-state index in [9.17, 15) is 0 Å². The second-order valence-corrected chi connectivity index (χ2v) is 8.56. The molecule has 2 heteroatoms. The zero-order valence-corrected chi connectivity index (χ0v) is 19.5. The molecule has 1 aromatic heterocycles. The summed E-state index contributed by atoms with van der Waals surface area (Å²) in [6.45, 7) is 5.35. The third kappa shape index (κ3) is 10.3. The zero-order chi connectivity index (χ0) is 21.3. The maximum absolute atomic E-state index is 5.89. The van der Waals surface area contributed by atoms with Crippen LogP contribution >= 0.6 is 0 Å². The van der Waals surface area contributed by atoms with Crippen LogP contribution in [-0.2, 0) is 6.42 Å². The minimum atomic E-state index is 0.816. The lowest BCUT2D eigenvalue weighted by Crippen LogP contribution is -1.97. The summed E-state index contributed by atoms with van der Waals surface area (Å²) in [6.07, 6.45) is 20.5. The van der Waals surface area contributed by atoms with Crippen LogP contribution in [0, 0.1) is 0 Å². The number of benzene rings is 1. The van der Waals surface area contributed by atoms with Crippen molar-refractivity contribution in [2.45, 2.75) is 104 Å². The Labute approximate surface area is 185 Å². The molecule has 0 unspecified atom stereocenters. The first kappa shape index (κ1) is 24.4. The lowest BCUT2D eigenvalue weighted by Gasteiger charge is -2.08. The Balaban J connectivity index is 1.65. The van der Waals surface area contributed by atoms with E-state index >= 15 is 0 Å². The highest BCUT2D eigenvalue weighted by Crippen LogP contribution is 2.22. The second kappa shape index (κ2) is 15.9. The van der Waals surface area contributed by atoms with E-state index in [1.807, 2.05) is 0 Å². The minimum absolute atomic E-state index is 0.816. The minimum Gasteiger partial charge on any atom is -0.494 e. The van der Waals surface area contributed by atoms with Gasteiger partial charge in [-0.1, -0.05) is 90.5 Å². The average Bonchev–Trinajstić information content (AvgIpc) is 2.79. The Morgan fingerprint density at radius 3 is 1.83 bits per heavy atom. The maximum Gasteiger partial charge on any atom is 0.119 e. The normalized spacial score (nSPS) is 11.0. The molecule has 0 aliphatic heterocycles.